The summed E-state index contributed by atoms with van der Waals surface area (Å²) in [6.45, 7) is 4.08. The number of nitrogens with zero attached hydrogens (tertiary/aromatic N) is 2. The molecule has 34 heavy (non-hydrogen) atoms. The van der Waals surface area contributed by atoms with Gasteiger partial charge < -0.3 is 19.9 Å². The SMILES string of the molecule is CNC(=O)c1cccc(C2CN(C(=O)C3(Cc4ccccc4)CCOCC3)CCN2C(C)=O)c1. The van der Waals surface area contributed by atoms with Crippen molar-refractivity contribution in [2.75, 3.05) is 39.9 Å². The molecule has 1 N–H and O–H groups in total. The summed E-state index contributed by atoms with van der Waals surface area (Å²) in [6.07, 6.45) is 2.05. The van der Waals surface area contributed by atoms with Crippen molar-refractivity contribution in [1.82, 2.24) is 15.1 Å². The number of amides is 3. The van der Waals surface area contributed by atoms with Gasteiger partial charge in [-0.25, -0.2) is 0 Å². The Bertz CT molecular complexity index is 1030. The lowest BCUT2D eigenvalue weighted by Gasteiger charge is -2.46. The molecule has 7 nitrogen and oxygen atoms in total. The predicted octanol–water partition coefficient (Wildman–Crippen LogP) is 2.82. The molecule has 4 rings (SSSR count). The highest BCUT2D eigenvalue weighted by Crippen LogP contribution is 2.38. The fraction of sp³-hybridized carbons (Fsp3) is 0.444. The van der Waals surface area contributed by atoms with Crippen LogP contribution >= 0.6 is 0 Å². The number of benzene rings is 2. The normalized spacial score (nSPS) is 20.0. The van der Waals surface area contributed by atoms with E-state index >= 15 is 0 Å². The molecule has 0 radical (unpaired) electrons. The van der Waals surface area contributed by atoms with E-state index in [1.807, 2.05) is 41.3 Å². The topological polar surface area (TPSA) is 79.0 Å². The fourth-order valence-electron chi connectivity index (χ4n) is 5.21. The summed E-state index contributed by atoms with van der Waals surface area (Å²) in [6, 6.07) is 17.2. The first kappa shape index (κ1) is 24.0. The van der Waals surface area contributed by atoms with E-state index in [4.69, 9.17) is 4.74 Å². The van der Waals surface area contributed by atoms with Gasteiger partial charge in [0.15, 0.2) is 0 Å². The monoisotopic (exact) mass is 463 g/mol. The van der Waals surface area contributed by atoms with Gasteiger partial charge in [-0.3, -0.25) is 14.4 Å². The third-order valence-corrected chi connectivity index (χ3v) is 7.12. The van der Waals surface area contributed by atoms with E-state index in [9.17, 15) is 14.4 Å². The van der Waals surface area contributed by atoms with E-state index in [-0.39, 0.29) is 23.8 Å². The fourth-order valence-corrected chi connectivity index (χ4v) is 5.21. The van der Waals surface area contributed by atoms with Crippen molar-refractivity contribution in [2.24, 2.45) is 5.41 Å². The Morgan fingerprint density at radius 3 is 2.44 bits per heavy atom. The van der Waals surface area contributed by atoms with Crippen molar-refractivity contribution >= 4 is 17.7 Å². The molecule has 2 aromatic carbocycles. The number of ether oxygens (including phenoxy) is 1. The van der Waals surface area contributed by atoms with Gasteiger partial charge in [0.2, 0.25) is 11.8 Å². The summed E-state index contributed by atoms with van der Waals surface area (Å²) in [5.74, 6) is -0.0770. The molecule has 2 fully saturated rings. The highest BCUT2D eigenvalue weighted by Gasteiger charge is 2.44. The molecule has 2 saturated heterocycles. The van der Waals surface area contributed by atoms with Gasteiger partial charge in [-0.1, -0.05) is 42.5 Å². The predicted molar refractivity (Wildman–Crippen MR) is 129 cm³/mol. The van der Waals surface area contributed by atoms with Crippen LogP contribution in [0, 0.1) is 5.41 Å². The summed E-state index contributed by atoms with van der Waals surface area (Å²) in [5.41, 5.74) is 2.04. The standard InChI is InChI=1S/C27H33N3O4/c1-20(31)30-14-13-29(19-24(30)22-9-6-10-23(17-22)25(32)28-2)26(33)27(11-15-34-16-12-27)18-21-7-4-3-5-8-21/h3-10,17,24H,11-16,18-19H2,1-2H3,(H,28,32). The average molecular weight is 464 g/mol. The molecule has 180 valence electrons. The number of piperazine rings is 1. The molecule has 1 atom stereocenters. The van der Waals surface area contributed by atoms with E-state index in [0.29, 0.717) is 57.7 Å². The number of carbonyl (C=O) groups is 3. The molecule has 1 unspecified atom stereocenters. The molecule has 0 spiro atoms. The van der Waals surface area contributed by atoms with Gasteiger partial charge in [0.05, 0.1) is 11.5 Å². The zero-order valence-corrected chi connectivity index (χ0v) is 20.0. The van der Waals surface area contributed by atoms with Crippen LogP contribution in [0.1, 0.15) is 47.3 Å². The Kier molecular flexibility index (Phi) is 7.32. The van der Waals surface area contributed by atoms with Crippen molar-refractivity contribution in [3.63, 3.8) is 0 Å². The molecule has 0 aromatic heterocycles. The highest BCUT2D eigenvalue weighted by atomic mass is 16.5. The lowest BCUT2D eigenvalue weighted by atomic mass is 9.73. The van der Waals surface area contributed by atoms with E-state index in [1.165, 1.54) is 0 Å². The molecular weight excluding hydrogens is 430 g/mol. The molecule has 0 bridgehead atoms. The van der Waals surface area contributed by atoms with Crippen LogP contribution in [0.2, 0.25) is 0 Å². The third-order valence-electron chi connectivity index (χ3n) is 7.12. The molecule has 7 heteroatoms. The second-order valence-electron chi connectivity index (χ2n) is 9.24. The zero-order chi connectivity index (χ0) is 24.1. The van der Waals surface area contributed by atoms with Gasteiger partial charge >= 0.3 is 0 Å². The van der Waals surface area contributed by atoms with Gasteiger partial charge in [-0.2, -0.15) is 0 Å². The van der Waals surface area contributed by atoms with Crippen LogP contribution in [-0.4, -0.2) is 67.4 Å². The minimum absolute atomic E-state index is 0.0347. The summed E-state index contributed by atoms with van der Waals surface area (Å²) in [4.78, 5) is 42.4. The van der Waals surface area contributed by atoms with Crippen LogP contribution in [-0.2, 0) is 20.7 Å². The van der Waals surface area contributed by atoms with Gasteiger partial charge in [0.25, 0.3) is 5.91 Å². The Morgan fingerprint density at radius 2 is 1.76 bits per heavy atom. The van der Waals surface area contributed by atoms with Gasteiger partial charge in [-0.05, 0) is 42.5 Å². The first-order chi connectivity index (χ1) is 16.4. The smallest absolute Gasteiger partial charge is 0.251 e. The van der Waals surface area contributed by atoms with Gasteiger partial charge in [-0.15, -0.1) is 0 Å². The van der Waals surface area contributed by atoms with Crippen LogP contribution in [0.15, 0.2) is 54.6 Å². The van der Waals surface area contributed by atoms with Crippen molar-refractivity contribution in [3.8, 4) is 0 Å². The molecule has 3 amide bonds. The number of hydrogen-bond acceptors (Lipinski definition) is 4. The van der Waals surface area contributed by atoms with E-state index < -0.39 is 5.41 Å². The van der Waals surface area contributed by atoms with Gasteiger partial charge in [0.1, 0.15) is 0 Å². The molecule has 0 saturated carbocycles. The summed E-state index contributed by atoms with van der Waals surface area (Å²) in [5, 5.41) is 2.65. The van der Waals surface area contributed by atoms with Crippen LogP contribution in [0.25, 0.3) is 0 Å². The lowest BCUT2D eigenvalue weighted by molar-refractivity contribution is -0.154. The molecule has 0 aliphatic carbocycles. The van der Waals surface area contributed by atoms with Crippen LogP contribution < -0.4 is 5.32 Å². The maximum Gasteiger partial charge on any atom is 0.251 e. The highest BCUT2D eigenvalue weighted by molar-refractivity contribution is 5.94. The first-order valence-corrected chi connectivity index (χ1v) is 11.9. The molecule has 2 heterocycles. The van der Waals surface area contributed by atoms with Crippen molar-refractivity contribution in [2.45, 2.75) is 32.2 Å². The largest absolute Gasteiger partial charge is 0.381 e. The third kappa shape index (κ3) is 4.99. The lowest BCUT2D eigenvalue weighted by Crippen LogP contribution is -2.56. The van der Waals surface area contributed by atoms with E-state index in [0.717, 1.165) is 11.1 Å². The Balaban J connectivity index is 1.62. The zero-order valence-electron chi connectivity index (χ0n) is 20.0. The van der Waals surface area contributed by atoms with Crippen LogP contribution in [0.5, 0.6) is 0 Å². The minimum Gasteiger partial charge on any atom is -0.381 e. The second-order valence-corrected chi connectivity index (χ2v) is 9.24. The van der Waals surface area contributed by atoms with Crippen molar-refractivity contribution in [1.29, 1.82) is 0 Å². The maximum absolute atomic E-state index is 14.1. The Morgan fingerprint density at radius 1 is 1.03 bits per heavy atom. The number of carbonyl (C=O) groups excluding carboxylic acids is 3. The molecule has 2 aromatic rings. The quantitative estimate of drug-likeness (QED) is 0.740. The minimum atomic E-state index is -0.507. The van der Waals surface area contributed by atoms with Crippen molar-refractivity contribution < 1.29 is 19.1 Å². The number of nitrogens with one attached hydrogen (secondary N) is 1. The Hall–Kier alpha value is -3.19. The van der Waals surface area contributed by atoms with Crippen LogP contribution in [0.4, 0.5) is 0 Å². The second kappa shape index (κ2) is 10.4. The van der Waals surface area contributed by atoms with Crippen molar-refractivity contribution in [3.05, 3.63) is 71.3 Å². The van der Waals surface area contributed by atoms with Gasteiger partial charge in [0, 0.05) is 52.4 Å². The summed E-state index contributed by atoms with van der Waals surface area (Å²) < 4.78 is 5.62. The molecular formula is C27H33N3O4. The molecule has 2 aliphatic rings. The number of hydrogen-bond donors (Lipinski definition) is 1. The van der Waals surface area contributed by atoms with E-state index in [1.54, 1.807) is 24.9 Å². The number of rotatable bonds is 5. The van der Waals surface area contributed by atoms with Crippen LogP contribution in [0.3, 0.4) is 0 Å². The maximum atomic E-state index is 14.1. The summed E-state index contributed by atoms with van der Waals surface area (Å²) in [7, 11) is 1.60. The first-order valence-electron chi connectivity index (χ1n) is 11.9. The molecule has 2 aliphatic heterocycles. The Labute approximate surface area is 201 Å². The van der Waals surface area contributed by atoms with E-state index in [2.05, 4.69) is 17.4 Å². The average Bonchev–Trinajstić information content (AvgIpc) is 2.88. The summed E-state index contributed by atoms with van der Waals surface area (Å²) >= 11 is 0.